The highest BCUT2D eigenvalue weighted by Gasteiger charge is 2.22. The summed E-state index contributed by atoms with van der Waals surface area (Å²) < 4.78 is 0. The molecule has 2 atom stereocenters. The number of carbonyl (C=O) groups is 1. The SMILES string of the molecule is CC(C)CC(O)CNC(=O)[C@H]1CSCN1. The lowest BCUT2D eigenvalue weighted by atomic mass is 10.1. The molecule has 1 rings (SSSR count). The lowest BCUT2D eigenvalue weighted by molar-refractivity contribution is -0.122. The van der Waals surface area contributed by atoms with Gasteiger partial charge in [0, 0.05) is 18.2 Å². The van der Waals surface area contributed by atoms with Gasteiger partial charge in [-0.25, -0.2) is 0 Å². The fourth-order valence-electron chi connectivity index (χ4n) is 1.53. The molecule has 1 fully saturated rings. The van der Waals surface area contributed by atoms with Crippen LogP contribution in [-0.2, 0) is 4.79 Å². The Morgan fingerprint density at radius 3 is 2.93 bits per heavy atom. The molecule has 1 aliphatic rings. The van der Waals surface area contributed by atoms with Crippen LogP contribution in [0.25, 0.3) is 0 Å². The summed E-state index contributed by atoms with van der Waals surface area (Å²) in [4.78, 5) is 11.5. The Balaban J connectivity index is 2.15. The zero-order chi connectivity index (χ0) is 11.3. The third-order valence-corrected chi connectivity index (χ3v) is 3.23. The van der Waals surface area contributed by atoms with E-state index >= 15 is 0 Å². The Labute approximate surface area is 95.2 Å². The van der Waals surface area contributed by atoms with Crippen LogP contribution in [0.3, 0.4) is 0 Å². The van der Waals surface area contributed by atoms with Crippen molar-refractivity contribution in [3.8, 4) is 0 Å². The molecule has 15 heavy (non-hydrogen) atoms. The zero-order valence-corrected chi connectivity index (χ0v) is 10.1. The molecule has 1 unspecified atom stereocenters. The van der Waals surface area contributed by atoms with Gasteiger partial charge in [0.25, 0.3) is 0 Å². The third kappa shape index (κ3) is 4.86. The minimum atomic E-state index is -0.428. The maximum absolute atomic E-state index is 11.5. The van der Waals surface area contributed by atoms with E-state index in [0.717, 1.165) is 18.1 Å². The number of carbonyl (C=O) groups excluding carboxylic acids is 1. The van der Waals surface area contributed by atoms with Gasteiger partial charge in [0.15, 0.2) is 0 Å². The van der Waals surface area contributed by atoms with E-state index in [1.807, 2.05) is 0 Å². The standard InChI is InChI=1S/C10H20N2O2S/c1-7(2)3-8(13)4-11-10(14)9-5-15-6-12-9/h7-9,12-13H,3-6H2,1-2H3,(H,11,14)/t8?,9-/m1/s1. The summed E-state index contributed by atoms with van der Waals surface area (Å²) in [6.07, 6.45) is 0.302. The summed E-state index contributed by atoms with van der Waals surface area (Å²) in [5.41, 5.74) is 0. The van der Waals surface area contributed by atoms with Crippen LogP contribution in [0.15, 0.2) is 0 Å². The minimum Gasteiger partial charge on any atom is -0.391 e. The number of thioether (sulfide) groups is 1. The van der Waals surface area contributed by atoms with E-state index in [1.165, 1.54) is 0 Å². The van der Waals surface area contributed by atoms with Crippen molar-refractivity contribution < 1.29 is 9.90 Å². The third-order valence-electron chi connectivity index (χ3n) is 2.29. The molecule has 1 saturated heterocycles. The molecule has 4 nitrogen and oxygen atoms in total. The van der Waals surface area contributed by atoms with Gasteiger partial charge in [0.2, 0.25) is 5.91 Å². The van der Waals surface area contributed by atoms with Crippen LogP contribution in [0.2, 0.25) is 0 Å². The van der Waals surface area contributed by atoms with Crippen LogP contribution in [0.4, 0.5) is 0 Å². The van der Waals surface area contributed by atoms with Crippen molar-refractivity contribution in [1.82, 2.24) is 10.6 Å². The Hall–Kier alpha value is -0.260. The second-order valence-corrected chi connectivity index (χ2v) is 5.33. The normalized spacial score (nSPS) is 23.1. The summed E-state index contributed by atoms with van der Waals surface area (Å²) in [7, 11) is 0. The lowest BCUT2D eigenvalue weighted by Gasteiger charge is -2.15. The molecule has 0 bridgehead atoms. The Kier molecular flexibility index (Phi) is 5.42. The van der Waals surface area contributed by atoms with Crippen LogP contribution < -0.4 is 10.6 Å². The summed E-state index contributed by atoms with van der Waals surface area (Å²) in [5, 5.41) is 15.4. The molecule has 88 valence electrons. The van der Waals surface area contributed by atoms with Gasteiger partial charge in [-0.05, 0) is 12.3 Å². The van der Waals surface area contributed by atoms with Crippen LogP contribution in [0, 0.1) is 5.92 Å². The highest BCUT2D eigenvalue weighted by atomic mass is 32.2. The van der Waals surface area contributed by atoms with Crippen LogP contribution in [-0.4, -0.2) is 41.3 Å². The van der Waals surface area contributed by atoms with Gasteiger partial charge < -0.3 is 10.4 Å². The maximum atomic E-state index is 11.5. The van der Waals surface area contributed by atoms with Crippen molar-refractivity contribution in [3.05, 3.63) is 0 Å². The number of amides is 1. The molecule has 5 heteroatoms. The van der Waals surface area contributed by atoms with Gasteiger partial charge in [-0.3, -0.25) is 10.1 Å². The zero-order valence-electron chi connectivity index (χ0n) is 9.32. The quantitative estimate of drug-likeness (QED) is 0.632. The molecule has 1 aliphatic heterocycles. The summed E-state index contributed by atoms with van der Waals surface area (Å²) >= 11 is 1.72. The first kappa shape index (κ1) is 12.8. The Morgan fingerprint density at radius 2 is 2.40 bits per heavy atom. The average Bonchev–Trinajstić information content (AvgIpc) is 2.65. The molecule has 0 aromatic rings. The predicted molar refractivity (Wildman–Crippen MR) is 62.7 cm³/mol. The van der Waals surface area contributed by atoms with E-state index in [-0.39, 0.29) is 11.9 Å². The second-order valence-electron chi connectivity index (χ2n) is 4.30. The van der Waals surface area contributed by atoms with Crippen molar-refractivity contribution in [3.63, 3.8) is 0 Å². The fourth-order valence-corrected chi connectivity index (χ4v) is 2.47. The van der Waals surface area contributed by atoms with Gasteiger partial charge in [0.05, 0.1) is 12.1 Å². The number of rotatable bonds is 5. The molecule has 3 N–H and O–H groups in total. The average molecular weight is 232 g/mol. The van der Waals surface area contributed by atoms with E-state index in [2.05, 4.69) is 24.5 Å². The fraction of sp³-hybridized carbons (Fsp3) is 0.900. The van der Waals surface area contributed by atoms with E-state index in [0.29, 0.717) is 12.5 Å². The molecule has 1 amide bonds. The number of hydrogen-bond donors (Lipinski definition) is 3. The summed E-state index contributed by atoms with van der Waals surface area (Å²) in [6, 6.07) is -0.0822. The number of aliphatic hydroxyl groups is 1. The number of aliphatic hydroxyl groups excluding tert-OH is 1. The summed E-state index contributed by atoms with van der Waals surface area (Å²) in [5.74, 6) is 2.12. The molecule has 0 aromatic carbocycles. The Morgan fingerprint density at radius 1 is 1.67 bits per heavy atom. The monoisotopic (exact) mass is 232 g/mol. The van der Waals surface area contributed by atoms with Crippen molar-refractivity contribution in [2.24, 2.45) is 5.92 Å². The highest BCUT2D eigenvalue weighted by molar-refractivity contribution is 7.99. The minimum absolute atomic E-state index is 0.00260. The van der Waals surface area contributed by atoms with E-state index in [1.54, 1.807) is 11.8 Å². The summed E-state index contributed by atoms with van der Waals surface area (Å²) in [6.45, 7) is 4.47. The van der Waals surface area contributed by atoms with Gasteiger partial charge in [0.1, 0.15) is 0 Å². The van der Waals surface area contributed by atoms with Gasteiger partial charge in [-0.1, -0.05) is 13.8 Å². The maximum Gasteiger partial charge on any atom is 0.238 e. The lowest BCUT2D eigenvalue weighted by Crippen LogP contribution is -2.44. The van der Waals surface area contributed by atoms with Crippen LogP contribution in [0.1, 0.15) is 20.3 Å². The van der Waals surface area contributed by atoms with E-state index < -0.39 is 6.10 Å². The largest absolute Gasteiger partial charge is 0.391 e. The molecule has 0 radical (unpaired) electrons. The molecule has 1 heterocycles. The predicted octanol–water partition coefficient (Wildman–Crippen LogP) is 0.172. The highest BCUT2D eigenvalue weighted by Crippen LogP contribution is 2.09. The topological polar surface area (TPSA) is 61.4 Å². The number of hydrogen-bond acceptors (Lipinski definition) is 4. The smallest absolute Gasteiger partial charge is 0.238 e. The first-order chi connectivity index (χ1) is 7.09. The second kappa shape index (κ2) is 6.35. The van der Waals surface area contributed by atoms with E-state index in [9.17, 15) is 9.90 Å². The van der Waals surface area contributed by atoms with Gasteiger partial charge >= 0.3 is 0 Å². The molecular formula is C10H20N2O2S. The van der Waals surface area contributed by atoms with Gasteiger partial charge in [-0.15, -0.1) is 11.8 Å². The molecule has 0 aromatic heterocycles. The molecule has 0 spiro atoms. The van der Waals surface area contributed by atoms with Crippen molar-refractivity contribution >= 4 is 17.7 Å². The molecule has 0 aliphatic carbocycles. The molecule has 0 saturated carbocycles. The van der Waals surface area contributed by atoms with Gasteiger partial charge in [-0.2, -0.15) is 0 Å². The Bertz CT molecular complexity index is 206. The first-order valence-electron chi connectivity index (χ1n) is 5.36. The molecular weight excluding hydrogens is 212 g/mol. The first-order valence-corrected chi connectivity index (χ1v) is 6.52. The van der Waals surface area contributed by atoms with Crippen molar-refractivity contribution in [2.75, 3.05) is 18.2 Å². The van der Waals surface area contributed by atoms with E-state index in [4.69, 9.17) is 0 Å². The van der Waals surface area contributed by atoms with Crippen LogP contribution in [0.5, 0.6) is 0 Å². The van der Waals surface area contributed by atoms with Crippen molar-refractivity contribution in [2.45, 2.75) is 32.4 Å². The van der Waals surface area contributed by atoms with Crippen molar-refractivity contribution in [1.29, 1.82) is 0 Å². The number of nitrogens with one attached hydrogen (secondary N) is 2. The van der Waals surface area contributed by atoms with Crippen LogP contribution >= 0.6 is 11.8 Å².